The van der Waals surface area contributed by atoms with E-state index in [4.69, 9.17) is 5.73 Å². The number of unbranched alkanes of at least 4 members (excludes halogenated alkanes) is 1. The number of rotatable bonds is 4. The highest BCUT2D eigenvalue weighted by Crippen LogP contribution is 1.91. The van der Waals surface area contributed by atoms with Crippen LogP contribution < -0.4 is 5.73 Å². The number of ether oxygens (including phenoxy) is 1. The minimum atomic E-state index is -0.605. The van der Waals surface area contributed by atoms with Crippen molar-refractivity contribution in [2.75, 3.05) is 7.11 Å². The van der Waals surface area contributed by atoms with E-state index in [-0.39, 0.29) is 0 Å². The molecule has 0 spiro atoms. The Morgan fingerprint density at radius 3 is 2.82 bits per heavy atom. The first kappa shape index (κ1) is 10.2. The molecule has 0 aliphatic carbocycles. The summed E-state index contributed by atoms with van der Waals surface area (Å²) in [4.78, 5) is 10.7. The standard InChI is InChI=1S/C8H15NO2/c1-3-4-5-6-7(9)8(10)11-2/h5-7H,3-4,9H2,1-2H3/b6-5+. The fourth-order valence-electron chi connectivity index (χ4n) is 0.624. The highest BCUT2D eigenvalue weighted by molar-refractivity contribution is 5.77. The van der Waals surface area contributed by atoms with Crippen LogP contribution in [0.2, 0.25) is 0 Å². The molecule has 0 saturated heterocycles. The van der Waals surface area contributed by atoms with Crippen molar-refractivity contribution in [2.24, 2.45) is 5.73 Å². The first-order chi connectivity index (χ1) is 5.22. The van der Waals surface area contributed by atoms with Gasteiger partial charge in [0.1, 0.15) is 6.04 Å². The molecule has 2 N–H and O–H groups in total. The molecule has 0 aliphatic heterocycles. The summed E-state index contributed by atoms with van der Waals surface area (Å²) in [5.74, 6) is -0.391. The highest BCUT2D eigenvalue weighted by atomic mass is 16.5. The van der Waals surface area contributed by atoms with Crippen molar-refractivity contribution in [3.05, 3.63) is 12.2 Å². The number of hydrogen-bond donors (Lipinski definition) is 1. The molecular formula is C8H15NO2. The lowest BCUT2D eigenvalue weighted by atomic mass is 10.2. The van der Waals surface area contributed by atoms with Gasteiger partial charge in [-0.2, -0.15) is 0 Å². The average molecular weight is 157 g/mol. The van der Waals surface area contributed by atoms with Crippen molar-refractivity contribution in [3.8, 4) is 0 Å². The summed E-state index contributed by atoms with van der Waals surface area (Å²) in [6, 6.07) is -0.605. The Balaban J connectivity index is 3.66. The Morgan fingerprint density at radius 2 is 2.36 bits per heavy atom. The Morgan fingerprint density at radius 1 is 1.73 bits per heavy atom. The molecule has 0 fully saturated rings. The summed E-state index contributed by atoms with van der Waals surface area (Å²) >= 11 is 0. The summed E-state index contributed by atoms with van der Waals surface area (Å²) in [5, 5.41) is 0. The number of allylic oxidation sites excluding steroid dienone is 1. The molecule has 11 heavy (non-hydrogen) atoms. The normalized spacial score (nSPS) is 13.4. The molecule has 0 heterocycles. The molecule has 0 aromatic carbocycles. The fraction of sp³-hybridized carbons (Fsp3) is 0.625. The van der Waals surface area contributed by atoms with Crippen LogP contribution in [0.15, 0.2) is 12.2 Å². The number of esters is 1. The third-order valence-electron chi connectivity index (χ3n) is 1.27. The van der Waals surface area contributed by atoms with Gasteiger partial charge in [0.15, 0.2) is 0 Å². The highest BCUT2D eigenvalue weighted by Gasteiger charge is 2.07. The van der Waals surface area contributed by atoms with Crippen LogP contribution in [0, 0.1) is 0 Å². The lowest BCUT2D eigenvalue weighted by molar-refractivity contribution is -0.140. The maximum Gasteiger partial charge on any atom is 0.326 e. The molecule has 1 atom stereocenters. The van der Waals surface area contributed by atoms with E-state index in [0.717, 1.165) is 12.8 Å². The second-order valence-electron chi connectivity index (χ2n) is 2.27. The molecule has 0 saturated carbocycles. The van der Waals surface area contributed by atoms with Gasteiger partial charge < -0.3 is 10.5 Å². The molecule has 3 heteroatoms. The van der Waals surface area contributed by atoms with Crippen LogP contribution in [0.25, 0.3) is 0 Å². The quantitative estimate of drug-likeness (QED) is 0.486. The van der Waals surface area contributed by atoms with E-state index in [1.165, 1.54) is 7.11 Å². The first-order valence-electron chi connectivity index (χ1n) is 3.72. The minimum absolute atomic E-state index is 0.391. The number of hydrogen-bond acceptors (Lipinski definition) is 3. The van der Waals surface area contributed by atoms with Gasteiger partial charge in [-0.3, -0.25) is 4.79 Å². The third-order valence-corrected chi connectivity index (χ3v) is 1.27. The Labute approximate surface area is 67.2 Å². The van der Waals surface area contributed by atoms with Crippen molar-refractivity contribution in [1.82, 2.24) is 0 Å². The van der Waals surface area contributed by atoms with Gasteiger partial charge in [-0.05, 0) is 6.42 Å². The topological polar surface area (TPSA) is 52.3 Å². The monoisotopic (exact) mass is 157 g/mol. The zero-order valence-corrected chi connectivity index (χ0v) is 7.04. The summed E-state index contributed by atoms with van der Waals surface area (Å²) in [5.41, 5.74) is 5.41. The zero-order valence-electron chi connectivity index (χ0n) is 7.04. The fourth-order valence-corrected chi connectivity index (χ4v) is 0.624. The van der Waals surface area contributed by atoms with E-state index in [1.54, 1.807) is 6.08 Å². The molecule has 64 valence electrons. The molecule has 0 bridgehead atoms. The third kappa shape index (κ3) is 4.56. The van der Waals surface area contributed by atoms with Gasteiger partial charge in [0.05, 0.1) is 7.11 Å². The van der Waals surface area contributed by atoms with Crippen LogP contribution in [0.5, 0.6) is 0 Å². The van der Waals surface area contributed by atoms with Gasteiger partial charge in [-0.15, -0.1) is 0 Å². The molecule has 0 amide bonds. The maximum absolute atomic E-state index is 10.7. The van der Waals surface area contributed by atoms with Gasteiger partial charge in [-0.25, -0.2) is 0 Å². The van der Waals surface area contributed by atoms with E-state index in [0.29, 0.717) is 0 Å². The molecule has 0 rings (SSSR count). The van der Waals surface area contributed by atoms with Gasteiger partial charge in [0.2, 0.25) is 0 Å². The second-order valence-corrected chi connectivity index (χ2v) is 2.27. The predicted molar refractivity (Wildman–Crippen MR) is 44.0 cm³/mol. The van der Waals surface area contributed by atoms with Crippen LogP contribution in [-0.4, -0.2) is 19.1 Å². The van der Waals surface area contributed by atoms with Crippen molar-refractivity contribution in [1.29, 1.82) is 0 Å². The van der Waals surface area contributed by atoms with Gasteiger partial charge >= 0.3 is 5.97 Å². The molecule has 0 radical (unpaired) electrons. The van der Waals surface area contributed by atoms with Crippen LogP contribution in [0.3, 0.4) is 0 Å². The molecule has 0 aromatic rings. The maximum atomic E-state index is 10.7. The van der Waals surface area contributed by atoms with Crippen LogP contribution in [0.4, 0.5) is 0 Å². The Hall–Kier alpha value is -0.830. The average Bonchev–Trinajstić information content (AvgIpc) is 2.03. The molecule has 3 nitrogen and oxygen atoms in total. The van der Waals surface area contributed by atoms with E-state index in [1.807, 2.05) is 6.08 Å². The van der Waals surface area contributed by atoms with E-state index < -0.39 is 12.0 Å². The summed E-state index contributed by atoms with van der Waals surface area (Å²) in [6.07, 6.45) is 5.56. The number of nitrogens with two attached hydrogens (primary N) is 1. The number of carbonyl (C=O) groups is 1. The summed E-state index contributed by atoms with van der Waals surface area (Å²) < 4.78 is 4.43. The van der Waals surface area contributed by atoms with Crippen molar-refractivity contribution in [2.45, 2.75) is 25.8 Å². The summed E-state index contributed by atoms with van der Waals surface area (Å²) in [7, 11) is 1.33. The van der Waals surface area contributed by atoms with E-state index >= 15 is 0 Å². The molecule has 0 aliphatic rings. The smallest absolute Gasteiger partial charge is 0.326 e. The minimum Gasteiger partial charge on any atom is -0.468 e. The van der Waals surface area contributed by atoms with E-state index in [9.17, 15) is 4.79 Å². The van der Waals surface area contributed by atoms with Gasteiger partial charge in [-0.1, -0.05) is 25.5 Å². The number of carbonyl (C=O) groups excluding carboxylic acids is 1. The molecule has 0 aromatic heterocycles. The lowest BCUT2D eigenvalue weighted by Gasteiger charge is -2.01. The Kier molecular flexibility index (Phi) is 5.47. The van der Waals surface area contributed by atoms with Crippen LogP contribution in [0.1, 0.15) is 19.8 Å². The lowest BCUT2D eigenvalue weighted by Crippen LogP contribution is -2.29. The van der Waals surface area contributed by atoms with E-state index in [2.05, 4.69) is 11.7 Å². The van der Waals surface area contributed by atoms with Crippen molar-refractivity contribution in [3.63, 3.8) is 0 Å². The van der Waals surface area contributed by atoms with Gasteiger partial charge in [0.25, 0.3) is 0 Å². The zero-order chi connectivity index (χ0) is 8.69. The van der Waals surface area contributed by atoms with Crippen molar-refractivity contribution >= 4 is 5.97 Å². The SMILES string of the molecule is CCC/C=C/C(N)C(=O)OC. The second kappa shape index (κ2) is 5.92. The van der Waals surface area contributed by atoms with Gasteiger partial charge in [0, 0.05) is 0 Å². The first-order valence-corrected chi connectivity index (χ1v) is 3.72. The summed E-state index contributed by atoms with van der Waals surface area (Å²) in [6.45, 7) is 2.06. The largest absolute Gasteiger partial charge is 0.468 e. The van der Waals surface area contributed by atoms with Crippen LogP contribution >= 0.6 is 0 Å². The van der Waals surface area contributed by atoms with Crippen LogP contribution in [-0.2, 0) is 9.53 Å². The molecular weight excluding hydrogens is 142 g/mol. The predicted octanol–water partition coefficient (Wildman–Crippen LogP) is 0.843. The van der Waals surface area contributed by atoms with Crippen molar-refractivity contribution < 1.29 is 9.53 Å². The molecule has 1 unspecified atom stereocenters. The number of methoxy groups -OCH3 is 1. The Bertz CT molecular complexity index is 143.